The van der Waals surface area contributed by atoms with Gasteiger partial charge in [0, 0.05) is 12.8 Å². The Morgan fingerprint density at radius 1 is 0.443 bits per heavy atom. The number of carbonyl (C=O) groups is 2. The number of likely N-dealkylation sites (N-methyl/N-ethyl adjacent to an activating group) is 1. The van der Waals surface area contributed by atoms with Gasteiger partial charge in [-0.25, -0.2) is 0 Å². The van der Waals surface area contributed by atoms with E-state index in [1.165, 1.54) is 193 Å². The Kier molecular flexibility index (Phi) is 50.8. The molecule has 0 radical (unpaired) electrons. The van der Waals surface area contributed by atoms with Gasteiger partial charge in [-0.15, -0.1) is 0 Å². The van der Waals surface area contributed by atoms with Crippen LogP contribution in [0.15, 0.2) is 36.5 Å². The second-order valence-electron chi connectivity index (χ2n) is 21.4. The molecule has 0 aliphatic heterocycles. The van der Waals surface area contributed by atoms with Gasteiger partial charge in [0.05, 0.1) is 27.7 Å². The minimum atomic E-state index is -4.63. The maximum absolute atomic E-state index is 12.8. The van der Waals surface area contributed by atoms with Crippen LogP contribution in [-0.4, -0.2) is 70.0 Å². The van der Waals surface area contributed by atoms with Crippen molar-refractivity contribution >= 4 is 19.8 Å². The van der Waals surface area contributed by atoms with E-state index < -0.39 is 26.5 Å². The van der Waals surface area contributed by atoms with E-state index in [1.807, 2.05) is 21.1 Å². The van der Waals surface area contributed by atoms with Crippen LogP contribution in [0.25, 0.3) is 0 Å². The standard InChI is InChI=1S/C60H114NO8P/c1-6-8-10-12-14-16-18-20-22-24-26-28-29-30-31-33-35-37-39-41-43-45-47-49-51-53-60(63)69-58(57-68-70(64,65)67-55-54-61(3,4)5)56-66-59(62)52-50-48-46-44-42-40-38-36-34-32-27-25-23-21-19-17-15-13-11-9-7-2/h18,20,24,26,29-30,58H,6-17,19,21-23,25,27-28,31-57H2,1-5H3/b20-18-,26-24-,30-29-. The quantitative estimate of drug-likeness (QED) is 0.0195. The molecule has 0 fully saturated rings. The summed E-state index contributed by atoms with van der Waals surface area (Å²) in [7, 11) is 1.17. The van der Waals surface area contributed by atoms with E-state index in [4.69, 9.17) is 18.5 Å². The monoisotopic (exact) mass is 1010 g/mol. The van der Waals surface area contributed by atoms with E-state index in [0.29, 0.717) is 17.4 Å². The van der Waals surface area contributed by atoms with Crippen molar-refractivity contribution in [1.82, 2.24) is 0 Å². The van der Waals surface area contributed by atoms with Gasteiger partial charge in [-0.3, -0.25) is 14.2 Å². The number of unbranched alkanes of at least 4 members (excludes halogenated alkanes) is 35. The molecule has 70 heavy (non-hydrogen) atoms. The van der Waals surface area contributed by atoms with Crippen LogP contribution >= 0.6 is 7.82 Å². The fourth-order valence-corrected chi connectivity index (χ4v) is 9.28. The fourth-order valence-electron chi connectivity index (χ4n) is 8.55. The molecule has 0 amide bonds. The summed E-state index contributed by atoms with van der Waals surface area (Å²) in [5, 5.41) is 0. The number of esters is 2. The first-order valence-electron chi connectivity index (χ1n) is 29.7. The van der Waals surface area contributed by atoms with Gasteiger partial charge in [-0.1, -0.05) is 256 Å². The average molecular weight is 1010 g/mol. The summed E-state index contributed by atoms with van der Waals surface area (Å²) in [5.74, 6) is -0.824. The molecule has 0 heterocycles. The van der Waals surface area contributed by atoms with E-state index in [-0.39, 0.29) is 32.0 Å². The lowest BCUT2D eigenvalue weighted by Crippen LogP contribution is -2.37. The molecular formula is C60H114NO8P. The van der Waals surface area contributed by atoms with Crippen LogP contribution in [0.4, 0.5) is 0 Å². The van der Waals surface area contributed by atoms with Gasteiger partial charge in [0.25, 0.3) is 7.82 Å². The molecular weight excluding hydrogens is 894 g/mol. The van der Waals surface area contributed by atoms with Crippen molar-refractivity contribution < 1.29 is 42.1 Å². The number of ether oxygens (including phenoxy) is 2. The molecule has 2 atom stereocenters. The van der Waals surface area contributed by atoms with Gasteiger partial charge >= 0.3 is 11.9 Å². The predicted molar refractivity (Wildman–Crippen MR) is 296 cm³/mol. The molecule has 0 saturated carbocycles. The van der Waals surface area contributed by atoms with Crippen LogP contribution in [0.3, 0.4) is 0 Å². The average Bonchev–Trinajstić information content (AvgIpc) is 3.32. The van der Waals surface area contributed by atoms with Crippen LogP contribution in [0, 0.1) is 0 Å². The first-order valence-corrected chi connectivity index (χ1v) is 31.2. The molecule has 10 heteroatoms. The third kappa shape index (κ3) is 55.5. The Morgan fingerprint density at radius 3 is 1.14 bits per heavy atom. The summed E-state index contributed by atoms with van der Waals surface area (Å²) in [5.41, 5.74) is 0. The van der Waals surface area contributed by atoms with E-state index in [0.717, 1.165) is 57.8 Å². The Morgan fingerprint density at radius 2 is 0.771 bits per heavy atom. The van der Waals surface area contributed by atoms with Crippen molar-refractivity contribution in [1.29, 1.82) is 0 Å². The highest BCUT2D eigenvalue weighted by molar-refractivity contribution is 7.45. The highest BCUT2D eigenvalue weighted by Crippen LogP contribution is 2.38. The zero-order valence-electron chi connectivity index (χ0n) is 46.7. The largest absolute Gasteiger partial charge is 0.756 e. The number of phosphoric acid groups is 1. The minimum absolute atomic E-state index is 0.0301. The molecule has 9 nitrogen and oxygen atoms in total. The number of nitrogens with zero attached hydrogens (tertiary/aromatic N) is 1. The van der Waals surface area contributed by atoms with Crippen molar-refractivity contribution in [3.8, 4) is 0 Å². The number of quaternary nitrogens is 1. The molecule has 0 aliphatic carbocycles. The molecule has 0 spiro atoms. The molecule has 0 N–H and O–H groups in total. The molecule has 0 bridgehead atoms. The molecule has 0 aromatic heterocycles. The van der Waals surface area contributed by atoms with E-state index in [2.05, 4.69) is 50.3 Å². The normalized spacial score (nSPS) is 13.5. The summed E-state index contributed by atoms with van der Waals surface area (Å²) < 4.78 is 34.2. The summed E-state index contributed by atoms with van der Waals surface area (Å²) >= 11 is 0. The number of carbonyl (C=O) groups excluding carboxylic acids is 2. The second kappa shape index (κ2) is 52.1. The number of hydrogen-bond donors (Lipinski definition) is 0. The maximum atomic E-state index is 12.8. The lowest BCUT2D eigenvalue weighted by molar-refractivity contribution is -0.870. The number of phosphoric ester groups is 1. The number of hydrogen-bond acceptors (Lipinski definition) is 8. The topological polar surface area (TPSA) is 111 Å². The first-order chi connectivity index (χ1) is 34.0. The molecule has 0 saturated heterocycles. The van der Waals surface area contributed by atoms with Gasteiger partial charge < -0.3 is 27.9 Å². The van der Waals surface area contributed by atoms with E-state index in [9.17, 15) is 19.0 Å². The summed E-state index contributed by atoms with van der Waals surface area (Å²) in [6.07, 6.45) is 63.3. The fraction of sp³-hybridized carbons (Fsp3) is 0.867. The third-order valence-corrected chi connectivity index (χ3v) is 14.1. The molecule has 0 rings (SSSR count). The number of allylic oxidation sites excluding steroid dienone is 6. The summed E-state index contributed by atoms with van der Waals surface area (Å²) in [6, 6.07) is 0. The Labute approximate surface area is 433 Å². The van der Waals surface area contributed by atoms with Gasteiger partial charge in [-0.05, 0) is 51.4 Å². The smallest absolute Gasteiger partial charge is 0.306 e. The molecule has 2 unspecified atom stereocenters. The minimum Gasteiger partial charge on any atom is -0.756 e. The molecule has 0 aliphatic rings. The summed E-state index contributed by atoms with van der Waals surface area (Å²) in [6.45, 7) is 4.27. The Hall–Kier alpha value is -1.77. The maximum Gasteiger partial charge on any atom is 0.306 e. The van der Waals surface area contributed by atoms with Gasteiger partial charge in [0.1, 0.15) is 19.8 Å². The second-order valence-corrected chi connectivity index (χ2v) is 22.8. The molecule has 412 valence electrons. The highest BCUT2D eigenvalue weighted by atomic mass is 31.2. The van der Waals surface area contributed by atoms with Crippen molar-refractivity contribution in [2.45, 2.75) is 290 Å². The number of rotatable bonds is 55. The molecule has 0 aromatic rings. The van der Waals surface area contributed by atoms with E-state index >= 15 is 0 Å². The zero-order chi connectivity index (χ0) is 51.3. The Bertz CT molecular complexity index is 1280. The van der Waals surface area contributed by atoms with Gasteiger partial charge in [0.15, 0.2) is 6.10 Å². The van der Waals surface area contributed by atoms with Crippen molar-refractivity contribution in [2.24, 2.45) is 0 Å². The van der Waals surface area contributed by atoms with Crippen LogP contribution in [0.5, 0.6) is 0 Å². The van der Waals surface area contributed by atoms with Crippen molar-refractivity contribution in [3.05, 3.63) is 36.5 Å². The van der Waals surface area contributed by atoms with Crippen LogP contribution in [0.1, 0.15) is 284 Å². The SMILES string of the molecule is CCCCCCC/C=C\C/C=C\C/C=C\CCCCCCCCCCCCC(=O)OC(COC(=O)CCCCCCCCCCCCCCCCCCCCCCC)COP(=O)([O-])OCC[N+](C)(C)C. The van der Waals surface area contributed by atoms with Crippen LogP contribution in [0.2, 0.25) is 0 Å². The molecule has 0 aromatic carbocycles. The van der Waals surface area contributed by atoms with E-state index in [1.54, 1.807) is 0 Å². The summed E-state index contributed by atoms with van der Waals surface area (Å²) in [4.78, 5) is 37.9. The first kappa shape index (κ1) is 68.2. The predicted octanol–water partition coefficient (Wildman–Crippen LogP) is 17.7. The van der Waals surface area contributed by atoms with Gasteiger partial charge in [0.2, 0.25) is 0 Å². The van der Waals surface area contributed by atoms with Crippen molar-refractivity contribution in [3.63, 3.8) is 0 Å². The van der Waals surface area contributed by atoms with Crippen molar-refractivity contribution in [2.75, 3.05) is 47.5 Å². The zero-order valence-corrected chi connectivity index (χ0v) is 47.6. The highest BCUT2D eigenvalue weighted by Gasteiger charge is 2.22. The van der Waals surface area contributed by atoms with Gasteiger partial charge in [-0.2, -0.15) is 0 Å². The third-order valence-electron chi connectivity index (χ3n) is 13.2. The lowest BCUT2D eigenvalue weighted by atomic mass is 10.0. The van der Waals surface area contributed by atoms with Crippen LogP contribution in [-0.2, 0) is 32.7 Å². The lowest BCUT2D eigenvalue weighted by Gasteiger charge is -2.28. The van der Waals surface area contributed by atoms with Crippen LogP contribution < -0.4 is 4.89 Å². The Balaban J connectivity index is 4.15.